The molecule has 1 heterocycles. The molecule has 2 aromatic rings. The van der Waals surface area contributed by atoms with Crippen LogP contribution in [0.5, 0.6) is 5.75 Å². The number of nitrogens with zero attached hydrogens (tertiary/aromatic N) is 1. The van der Waals surface area contributed by atoms with Crippen molar-refractivity contribution >= 4 is 22.6 Å². The minimum absolute atomic E-state index is 0.0797. The number of ether oxygens (including phenoxy) is 1. The van der Waals surface area contributed by atoms with E-state index in [1.807, 2.05) is 18.2 Å². The fourth-order valence-corrected chi connectivity index (χ4v) is 2.58. The number of likely N-dealkylation sites (N-methyl/N-ethyl adjacent to an activating group) is 1. The van der Waals surface area contributed by atoms with Crippen LogP contribution in [0.15, 0.2) is 36.4 Å². The normalized spacial score (nSPS) is 18.2. The standard InChI is InChI=1S/C16H15NO4/c1-17-9-8-13(15(17)18)21-14-11-5-3-2-4-10(11)6-7-12(14)16(19)20/h2-7,13H,8-9H2,1H3,(H,19,20). The molecule has 21 heavy (non-hydrogen) atoms. The van der Waals surface area contributed by atoms with Crippen LogP contribution >= 0.6 is 0 Å². The summed E-state index contributed by atoms with van der Waals surface area (Å²) in [7, 11) is 1.72. The van der Waals surface area contributed by atoms with Gasteiger partial charge in [0.1, 0.15) is 11.3 Å². The number of carboxylic acids is 1. The summed E-state index contributed by atoms with van der Waals surface area (Å²) in [5.41, 5.74) is 0.0797. The number of benzene rings is 2. The minimum Gasteiger partial charge on any atom is -0.479 e. The fourth-order valence-electron chi connectivity index (χ4n) is 2.58. The van der Waals surface area contributed by atoms with Gasteiger partial charge in [-0.2, -0.15) is 0 Å². The summed E-state index contributed by atoms with van der Waals surface area (Å²) in [6.07, 6.45) is -0.0450. The topological polar surface area (TPSA) is 66.8 Å². The lowest BCUT2D eigenvalue weighted by Crippen LogP contribution is -2.29. The average Bonchev–Trinajstić information content (AvgIpc) is 2.79. The van der Waals surface area contributed by atoms with Gasteiger partial charge in [-0.15, -0.1) is 0 Å². The van der Waals surface area contributed by atoms with Gasteiger partial charge in [0.05, 0.1) is 0 Å². The number of fused-ring (bicyclic) bond motifs is 1. The molecular weight excluding hydrogens is 270 g/mol. The van der Waals surface area contributed by atoms with Crippen molar-refractivity contribution in [2.24, 2.45) is 0 Å². The molecule has 3 rings (SSSR count). The van der Waals surface area contributed by atoms with Crippen LogP contribution in [0.2, 0.25) is 0 Å². The third-order valence-corrected chi connectivity index (χ3v) is 3.75. The molecule has 108 valence electrons. The summed E-state index contributed by atoms with van der Waals surface area (Å²) in [5.74, 6) is -0.900. The van der Waals surface area contributed by atoms with Crippen molar-refractivity contribution in [2.75, 3.05) is 13.6 Å². The third kappa shape index (κ3) is 2.31. The highest BCUT2D eigenvalue weighted by Gasteiger charge is 2.32. The van der Waals surface area contributed by atoms with E-state index in [4.69, 9.17) is 4.74 Å². The Balaban J connectivity index is 2.08. The molecule has 1 atom stereocenters. The molecule has 1 N–H and O–H groups in total. The van der Waals surface area contributed by atoms with Gasteiger partial charge in [-0.3, -0.25) is 4.79 Å². The van der Waals surface area contributed by atoms with Gasteiger partial charge in [-0.25, -0.2) is 4.79 Å². The van der Waals surface area contributed by atoms with Crippen molar-refractivity contribution < 1.29 is 19.4 Å². The quantitative estimate of drug-likeness (QED) is 0.938. The molecule has 5 nitrogen and oxygen atoms in total. The monoisotopic (exact) mass is 285 g/mol. The molecule has 0 bridgehead atoms. The maximum Gasteiger partial charge on any atom is 0.339 e. The van der Waals surface area contributed by atoms with E-state index in [0.29, 0.717) is 18.4 Å². The van der Waals surface area contributed by atoms with Crippen molar-refractivity contribution in [2.45, 2.75) is 12.5 Å². The zero-order valence-electron chi connectivity index (χ0n) is 11.6. The highest BCUT2D eigenvalue weighted by molar-refractivity contribution is 6.01. The first-order valence-electron chi connectivity index (χ1n) is 6.74. The second-order valence-corrected chi connectivity index (χ2v) is 5.12. The van der Waals surface area contributed by atoms with Crippen molar-refractivity contribution in [1.29, 1.82) is 0 Å². The van der Waals surface area contributed by atoms with Crippen LogP contribution in [0, 0.1) is 0 Å². The van der Waals surface area contributed by atoms with E-state index >= 15 is 0 Å². The first kappa shape index (κ1) is 13.4. The molecule has 1 amide bonds. The van der Waals surface area contributed by atoms with Crippen LogP contribution in [0.3, 0.4) is 0 Å². The summed E-state index contributed by atoms with van der Waals surface area (Å²) >= 11 is 0. The van der Waals surface area contributed by atoms with Gasteiger partial charge in [-0.05, 0) is 11.5 Å². The number of hydrogen-bond acceptors (Lipinski definition) is 3. The van der Waals surface area contributed by atoms with Crippen molar-refractivity contribution in [3.05, 3.63) is 42.0 Å². The van der Waals surface area contributed by atoms with Crippen molar-refractivity contribution in [3.8, 4) is 5.75 Å². The zero-order valence-corrected chi connectivity index (χ0v) is 11.6. The molecule has 1 aliphatic heterocycles. The Morgan fingerprint density at radius 2 is 2.05 bits per heavy atom. The molecule has 0 aliphatic carbocycles. The first-order chi connectivity index (χ1) is 10.1. The van der Waals surface area contributed by atoms with Crippen LogP contribution in [0.25, 0.3) is 10.8 Å². The molecule has 1 unspecified atom stereocenters. The SMILES string of the molecule is CN1CCC(Oc2c(C(=O)O)ccc3ccccc23)C1=O. The molecular formula is C16H15NO4. The van der Waals surface area contributed by atoms with Crippen LogP contribution < -0.4 is 4.74 Å². The Bertz CT molecular complexity index is 725. The molecule has 2 aromatic carbocycles. The van der Waals surface area contributed by atoms with Gasteiger partial charge >= 0.3 is 5.97 Å². The maximum absolute atomic E-state index is 12.0. The number of carboxylic acid groups (broad SMARTS) is 1. The molecule has 5 heteroatoms. The summed E-state index contributed by atoms with van der Waals surface area (Å²) in [6.45, 7) is 0.622. The Morgan fingerprint density at radius 1 is 1.29 bits per heavy atom. The van der Waals surface area contributed by atoms with Crippen LogP contribution in [-0.2, 0) is 4.79 Å². The van der Waals surface area contributed by atoms with Gasteiger partial charge in [-0.1, -0.05) is 30.3 Å². The summed E-state index contributed by atoms with van der Waals surface area (Å²) in [5, 5.41) is 10.9. The van der Waals surface area contributed by atoms with E-state index in [0.717, 1.165) is 5.39 Å². The lowest BCUT2D eigenvalue weighted by Gasteiger charge is -2.16. The number of carbonyl (C=O) groups excluding carboxylic acids is 1. The lowest BCUT2D eigenvalue weighted by atomic mass is 10.1. The average molecular weight is 285 g/mol. The molecule has 0 saturated carbocycles. The van der Waals surface area contributed by atoms with Crippen LogP contribution in [0.1, 0.15) is 16.8 Å². The number of aromatic carboxylic acids is 1. The van der Waals surface area contributed by atoms with Crippen LogP contribution in [-0.4, -0.2) is 41.6 Å². The van der Waals surface area contributed by atoms with Gasteiger partial charge in [0.2, 0.25) is 0 Å². The van der Waals surface area contributed by atoms with E-state index in [9.17, 15) is 14.7 Å². The third-order valence-electron chi connectivity index (χ3n) is 3.75. The maximum atomic E-state index is 12.0. The number of rotatable bonds is 3. The predicted molar refractivity (Wildman–Crippen MR) is 77.6 cm³/mol. The first-order valence-corrected chi connectivity index (χ1v) is 6.74. The Labute approximate surface area is 121 Å². The Kier molecular flexibility index (Phi) is 3.25. The smallest absolute Gasteiger partial charge is 0.339 e. The molecule has 1 aliphatic rings. The van der Waals surface area contributed by atoms with Crippen molar-refractivity contribution in [1.82, 2.24) is 4.90 Å². The van der Waals surface area contributed by atoms with E-state index in [-0.39, 0.29) is 17.2 Å². The lowest BCUT2D eigenvalue weighted by molar-refractivity contribution is -0.132. The molecule has 1 fully saturated rings. The zero-order chi connectivity index (χ0) is 15.0. The number of hydrogen-bond donors (Lipinski definition) is 1. The van der Waals surface area contributed by atoms with E-state index in [2.05, 4.69) is 0 Å². The highest BCUT2D eigenvalue weighted by atomic mass is 16.5. The molecule has 0 aromatic heterocycles. The molecule has 0 radical (unpaired) electrons. The predicted octanol–water partition coefficient (Wildman–Crippen LogP) is 2.15. The Morgan fingerprint density at radius 3 is 2.71 bits per heavy atom. The van der Waals surface area contributed by atoms with Crippen molar-refractivity contribution in [3.63, 3.8) is 0 Å². The Hall–Kier alpha value is -2.56. The second-order valence-electron chi connectivity index (χ2n) is 5.12. The molecule has 0 spiro atoms. The van der Waals surface area contributed by atoms with Crippen LogP contribution in [0.4, 0.5) is 0 Å². The number of likely N-dealkylation sites (tertiary alicyclic amines) is 1. The van der Waals surface area contributed by atoms with E-state index in [1.165, 1.54) is 6.07 Å². The second kappa shape index (κ2) is 5.09. The van der Waals surface area contributed by atoms with Gasteiger partial charge in [0.25, 0.3) is 5.91 Å². The van der Waals surface area contributed by atoms with Gasteiger partial charge in [0.15, 0.2) is 6.10 Å². The number of carbonyl (C=O) groups is 2. The fraction of sp³-hybridized carbons (Fsp3) is 0.250. The molecule has 1 saturated heterocycles. The summed E-state index contributed by atoms with van der Waals surface area (Å²) < 4.78 is 5.79. The van der Waals surface area contributed by atoms with Gasteiger partial charge in [0, 0.05) is 25.4 Å². The summed E-state index contributed by atoms with van der Waals surface area (Å²) in [4.78, 5) is 25.0. The summed E-state index contributed by atoms with van der Waals surface area (Å²) in [6, 6.07) is 10.7. The minimum atomic E-state index is -1.06. The highest BCUT2D eigenvalue weighted by Crippen LogP contribution is 2.32. The number of amides is 1. The van der Waals surface area contributed by atoms with E-state index < -0.39 is 12.1 Å². The van der Waals surface area contributed by atoms with Gasteiger partial charge < -0.3 is 14.7 Å². The largest absolute Gasteiger partial charge is 0.479 e. The van der Waals surface area contributed by atoms with E-state index in [1.54, 1.807) is 24.1 Å².